The predicted octanol–water partition coefficient (Wildman–Crippen LogP) is 2.45. The molecule has 0 saturated heterocycles. The molecule has 0 saturated carbocycles. The highest BCUT2D eigenvalue weighted by molar-refractivity contribution is 6.07. The molecule has 0 spiro atoms. The standard InChI is InChI=1S/C18H18N2O4/c1-23-13-8-9-16(24-2)12(11-13)7-10-17(21)20-15-6-4-3-5-14(15)18(19)22/h3-11H,1-2H3,(H2,19,22)(H,20,21). The molecule has 2 rings (SSSR count). The van der Waals surface area contributed by atoms with E-state index in [1.807, 2.05) is 0 Å². The van der Waals surface area contributed by atoms with Crippen LogP contribution in [0.4, 0.5) is 5.69 Å². The van der Waals surface area contributed by atoms with Crippen LogP contribution in [0.2, 0.25) is 0 Å². The van der Waals surface area contributed by atoms with Crippen molar-refractivity contribution in [2.45, 2.75) is 0 Å². The molecule has 3 N–H and O–H groups in total. The number of carbonyl (C=O) groups excluding carboxylic acids is 2. The summed E-state index contributed by atoms with van der Waals surface area (Å²) >= 11 is 0. The minimum Gasteiger partial charge on any atom is -0.497 e. The third-order valence-electron chi connectivity index (χ3n) is 3.30. The van der Waals surface area contributed by atoms with Crippen LogP contribution in [0.5, 0.6) is 11.5 Å². The fourth-order valence-electron chi connectivity index (χ4n) is 2.12. The lowest BCUT2D eigenvalue weighted by Crippen LogP contribution is -2.16. The first-order chi connectivity index (χ1) is 11.5. The number of hydrogen-bond donors (Lipinski definition) is 2. The van der Waals surface area contributed by atoms with E-state index >= 15 is 0 Å². The van der Waals surface area contributed by atoms with Gasteiger partial charge in [-0.2, -0.15) is 0 Å². The number of anilines is 1. The highest BCUT2D eigenvalue weighted by Crippen LogP contribution is 2.25. The lowest BCUT2D eigenvalue weighted by molar-refractivity contribution is -0.111. The third-order valence-corrected chi connectivity index (χ3v) is 3.30. The number of methoxy groups -OCH3 is 2. The van der Waals surface area contributed by atoms with Gasteiger partial charge in [0.1, 0.15) is 11.5 Å². The van der Waals surface area contributed by atoms with E-state index in [9.17, 15) is 9.59 Å². The zero-order chi connectivity index (χ0) is 17.5. The summed E-state index contributed by atoms with van der Waals surface area (Å²) in [6.07, 6.45) is 2.94. The first-order valence-corrected chi connectivity index (χ1v) is 7.15. The average Bonchev–Trinajstić information content (AvgIpc) is 2.59. The molecule has 2 aromatic carbocycles. The van der Waals surface area contributed by atoms with Crippen molar-refractivity contribution < 1.29 is 19.1 Å². The van der Waals surface area contributed by atoms with Gasteiger partial charge in [-0.1, -0.05) is 12.1 Å². The second kappa shape index (κ2) is 7.82. The fourth-order valence-corrected chi connectivity index (χ4v) is 2.12. The van der Waals surface area contributed by atoms with Crippen LogP contribution in [0.1, 0.15) is 15.9 Å². The molecule has 0 fully saturated rings. The van der Waals surface area contributed by atoms with Crippen LogP contribution >= 0.6 is 0 Å². The molecular weight excluding hydrogens is 308 g/mol. The van der Waals surface area contributed by atoms with Gasteiger partial charge in [-0.25, -0.2) is 0 Å². The number of nitrogens with one attached hydrogen (secondary N) is 1. The lowest BCUT2D eigenvalue weighted by atomic mass is 10.1. The maximum absolute atomic E-state index is 12.1. The molecule has 0 heterocycles. The number of ether oxygens (including phenoxy) is 2. The predicted molar refractivity (Wildman–Crippen MR) is 92.2 cm³/mol. The summed E-state index contributed by atoms with van der Waals surface area (Å²) in [5.74, 6) is 0.255. The maximum atomic E-state index is 12.1. The van der Waals surface area contributed by atoms with E-state index in [1.165, 1.54) is 6.08 Å². The van der Waals surface area contributed by atoms with Crippen molar-refractivity contribution in [3.8, 4) is 11.5 Å². The van der Waals surface area contributed by atoms with Crippen molar-refractivity contribution >= 4 is 23.6 Å². The molecule has 6 heteroatoms. The zero-order valence-electron chi connectivity index (χ0n) is 13.4. The molecule has 0 aromatic heterocycles. The largest absolute Gasteiger partial charge is 0.497 e. The maximum Gasteiger partial charge on any atom is 0.250 e. The minimum absolute atomic E-state index is 0.248. The Kier molecular flexibility index (Phi) is 5.57. The molecule has 0 radical (unpaired) electrons. The summed E-state index contributed by atoms with van der Waals surface area (Å²) in [5.41, 5.74) is 6.58. The molecule has 24 heavy (non-hydrogen) atoms. The van der Waals surface area contributed by atoms with E-state index in [4.69, 9.17) is 15.2 Å². The first kappa shape index (κ1) is 17.1. The number of carbonyl (C=O) groups is 2. The van der Waals surface area contributed by atoms with Gasteiger partial charge in [0.25, 0.3) is 5.91 Å². The number of benzene rings is 2. The summed E-state index contributed by atoms with van der Waals surface area (Å²) in [6, 6.07) is 11.8. The summed E-state index contributed by atoms with van der Waals surface area (Å²) in [4.78, 5) is 23.5. The molecule has 0 atom stereocenters. The van der Waals surface area contributed by atoms with E-state index in [-0.39, 0.29) is 5.56 Å². The number of nitrogens with two attached hydrogens (primary N) is 1. The Labute approximate surface area is 139 Å². The quantitative estimate of drug-likeness (QED) is 0.798. The Morgan fingerprint density at radius 1 is 1.08 bits per heavy atom. The highest BCUT2D eigenvalue weighted by atomic mass is 16.5. The Hall–Kier alpha value is -3.28. The molecule has 0 aliphatic carbocycles. The molecule has 124 valence electrons. The van der Waals surface area contributed by atoms with Crippen molar-refractivity contribution in [2.24, 2.45) is 5.73 Å². The summed E-state index contributed by atoms with van der Waals surface area (Å²) in [6.45, 7) is 0. The van der Waals surface area contributed by atoms with E-state index in [1.54, 1.807) is 62.8 Å². The van der Waals surface area contributed by atoms with Crippen LogP contribution in [-0.4, -0.2) is 26.0 Å². The molecule has 6 nitrogen and oxygen atoms in total. The van der Waals surface area contributed by atoms with Gasteiger partial charge in [0.2, 0.25) is 5.91 Å². The van der Waals surface area contributed by atoms with Crippen LogP contribution in [0.3, 0.4) is 0 Å². The molecule has 0 aliphatic heterocycles. The lowest BCUT2D eigenvalue weighted by Gasteiger charge is -2.08. The second-order valence-electron chi connectivity index (χ2n) is 4.84. The van der Waals surface area contributed by atoms with E-state index < -0.39 is 11.8 Å². The molecular formula is C18H18N2O4. The second-order valence-corrected chi connectivity index (χ2v) is 4.84. The Bertz CT molecular complexity index is 784. The number of rotatable bonds is 6. The van der Waals surface area contributed by atoms with Crippen molar-refractivity contribution in [3.63, 3.8) is 0 Å². The van der Waals surface area contributed by atoms with Crippen molar-refractivity contribution in [1.29, 1.82) is 0 Å². The van der Waals surface area contributed by atoms with Gasteiger partial charge in [-0.05, 0) is 36.4 Å². The summed E-state index contributed by atoms with van der Waals surface area (Å²) < 4.78 is 10.4. The topological polar surface area (TPSA) is 90.7 Å². The number of primary amides is 1. The van der Waals surface area contributed by atoms with E-state index in [0.717, 1.165) is 0 Å². The minimum atomic E-state index is -0.607. The molecule has 2 aromatic rings. The van der Waals surface area contributed by atoms with Gasteiger partial charge in [-0.15, -0.1) is 0 Å². The Balaban J connectivity index is 2.18. The van der Waals surface area contributed by atoms with Gasteiger partial charge in [0, 0.05) is 11.6 Å². The monoisotopic (exact) mass is 326 g/mol. The Morgan fingerprint density at radius 3 is 2.50 bits per heavy atom. The van der Waals surface area contributed by atoms with Crippen LogP contribution in [0, 0.1) is 0 Å². The van der Waals surface area contributed by atoms with Crippen molar-refractivity contribution in [2.75, 3.05) is 19.5 Å². The molecule has 0 unspecified atom stereocenters. The van der Waals surface area contributed by atoms with Crippen LogP contribution in [0.15, 0.2) is 48.5 Å². The van der Waals surface area contributed by atoms with Crippen LogP contribution < -0.4 is 20.5 Å². The summed E-state index contributed by atoms with van der Waals surface area (Å²) in [7, 11) is 3.10. The van der Waals surface area contributed by atoms with E-state index in [0.29, 0.717) is 22.7 Å². The molecule has 0 bridgehead atoms. The number of hydrogen-bond acceptors (Lipinski definition) is 4. The first-order valence-electron chi connectivity index (χ1n) is 7.15. The van der Waals surface area contributed by atoms with Crippen LogP contribution in [0.25, 0.3) is 6.08 Å². The SMILES string of the molecule is COc1ccc(OC)c(C=CC(=O)Nc2ccccc2C(N)=O)c1. The van der Waals surface area contributed by atoms with E-state index in [2.05, 4.69) is 5.32 Å². The fraction of sp³-hybridized carbons (Fsp3) is 0.111. The third kappa shape index (κ3) is 4.13. The summed E-state index contributed by atoms with van der Waals surface area (Å²) in [5, 5.41) is 2.63. The van der Waals surface area contributed by atoms with Gasteiger partial charge in [0.15, 0.2) is 0 Å². The zero-order valence-corrected chi connectivity index (χ0v) is 13.4. The van der Waals surface area contributed by atoms with Crippen LogP contribution in [-0.2, 0) is 4.79 Å². The van der Waals surface area contributed by atoms with Crippen molar-refractivity contribution in [1.82, 2.24) is 0 Å². The van der Waals surface area contributed by atoms with Crippen molar-refractivity contribution in [3.05, 3.63) is 59.7 Å². The average molecular weight is 326 g/mol. The normalized spacial score (nSPS) is 10.4. The van der Waals surface area contributed by atoms with Gasteiger partial charge in [0.05, 0.1) is 25.5 Å². The molecule has 0 aliphatic rings. The van der Waals surface area contributed by atoms with Gasteiger partial charge < -0.3 is 20.5 Å². The Morgan fingerprint density at radius 2 is 1.83 bits per heavy atom. The number of amides is 2. The smallest absolute Gasteiger partial charge is 0.250 e. The number of para-hydroxylation sites is 1. The highest BCUT2D eigenvalue weighted by Gasteiger charge is 2.09. The molecule has 2 amide bonds. The van der Waals surface area contributed by atoms with Gasteiger partial charge >= 0.3 is 0 Å². The van der Waals surface area contributed by atoms with Gasteiger partial charge in [-0.3, -0.25) is 9.59 Å².